The van der Waals surface area contributed by atoms with E-state index in [1.807, 2.05) is 0 Å². The molecule has 4 aliphatic rings. The van der Waals surface area contributed by atoms with Crippen LogP contribution in [0.3, 0.4) is 0 Å². The van der Waals surface area contributed by atoms with Gasteiger partial charge >= 0.3 is 5.97 Å². The minimum Gasteiger partial charge on any atom is -0.481 e. The SMILES string of the molecule is C[C@H](NC(=O)[C@@H]1[C@@H]2CC[C@@H](C2)[C@@H]1C(=O)O)[C@@H]1C[C@@H]2CC[C@@H]1C2. The molecule has 4 aliphatic carbocycles. The third-order valence-electron chi connectivity index (χ3n) is 7.31. The summed E-state index contributed by atoms with van der Waals surface area (Å²) in [6.07, 6.45) is 8.26. The summed E-state index contributed by atoms with van der Waals surface area (Å²) >= 11 is 0. The fraction of sp³-hybridized carbons (Fsp3) is 0.889. The lowest BCUT2D eigenvalue weighted by Gasteiger charge is -2.32. The maximum atomic E-state index is 12.7. The van der Waals surface area contributed by atoms with Gasteiger partial charge < -0.3 is 10.4 Å². The number of carbonyl (C=O) groups is 2. The summed E-state index contributed by atoms with van der Waals surface area (Å²) in [6, 6.07) is 0.205. The zero-order chi connectivity index (χ0) is 15.4. The lowest BCUT2D eigenvalue weighted by molar-refractivity contribution is -0.149. The van der Waals surface area contributed by atoms with Gasteiger partial charge in [-0.25, -0.2) is 0 Å². The van der Waals surface area contributed by atoms with E-state index in [9.17, 15) is 14.7 Å². The van der Waals surface area contributed by atoms with Crippen LogP contribution in [0.5, 0.6) is 0 Å². The van der Waals surface area contributed by atoms with E-state index >= 15 is 0 Å². The van der Waals surface area contributed by atoms with Crippen LogP contribution in [0.15, 0.2) is 0 Å². The monoisotopic (exact) mass is 305 g/mol. The quantitative estimate of drug-likeness (QED) is 0.839. The minimum absolute atomic E-state index is 0.0230. The third-order valence-corrected chi connectivity index (χ3v) is 7.31. The molecule has 0 radical (unpaired) electrons. The van der Waals surface area contributed by atoms with E-state index in [2.05, 4.69) is 12.2 Å². The molecule has 4 rings (SSSR count). The van der Waals surface area contributed by atoms with Crippen LogP contribution in [0, 0.1) is 41.4 Å². The van der Waals surface area contributed by atoms with Crippen molar-refractivity contribution in [3.63, 3.8) is 0 Å². The minimum atomic E-state index is -0.764. The highest BCUT2D eigenvalue weighted by molar-refractivity contribution is 5.86. The first kappa shape index (κ1) is 14.5. The molecule has 4 heteroatoms. The summed E-state index contributed by atoms with van der Waals surface area (Å²) in [7, 11) is 0. The molecule has 0 aromatic rings. The zero-order valence-electron chi connectivity index (χ0n) is 13.3. The van der Waals surface area contributed by atoms with E-state index in [1.165, 1.54) is 25.7 Å². The second-order valence-electron chi connectivity index (χ2n) is 8.36. The van der Waals surface area contributed by atoms with Crippen LogP contribution < -0.4 is 5.32 Å². The lowest BCUT2D eigenvalue weighted by Crippen LogP contribution is -2.47. The Balaban J connectivity index is 1.42. The van der Waals surface area contributed by atoms with Gasteiger partial charge in [0, 0.05) is 6.04 Å². The predicted molar refractivity (Wildman–Crippen MR) is 82.0 cm³/mol. The van der Waals surface area contributed by atoms with E-state index in [0.717, 1.165) is 31.1 Å². The molecule has 0 saturated heterocycles. The third kappa shape index (κ3) is 2.17. The standard InChI is InChI=1S/C18H27NO3/c1-9(14-7-10-2-3-11(14)6-10)19-17(20)15-12-4-5-13(8-12)16(15)18(21)22/h9-16H,2-8H2,1H3,(H,19,20)(H,21,22)/t9-,10+,11+,12+,13-,14-,15+,16-/m0/s1. The maximum Gasteiger partial charge on any atom is 0.307 e. The van der Waals surface area contributed by atoms with E-state index in [1.54, 1.807) is 0 Å². The van der Waals surface area contributed by atoms with E-state index in [-0.39, 0.29) is 23.8 Å². The fourth-order valence-electron chi connectivity index (χ4n) is 6.36. The number of aliphatic carboxylic acids is 1. The Labute approximate surface area is 132 Å². The highest BCUT2D eigenvalue weighted by Crippen LogP contribution is 2.53. The molecule has 122 valence electrons. The van der Waals surface area contributed by atoms with Gasteiger partial charge in [0.2, 0.25) is 5.91 Å². The van der Waals surface area contributed by atoms with Crippen molar-refractivity contribution in [3.8, 4) is 0 Å². The molecule has 0 aromatic carbocycles. The number of carboxylic acid groups (broad SMARTS) is 1. The van der Waals surface area contributed by atoms with Crippen molar-refractivity contribution < 1.29 is 14.7 Å². The summed E-state index contributed by atoms with van der Waals surface area (Å²) in [4.78, 5) is 24.3. The molecule has 4 bridgehead atoms. The number of amides is 1. The first-order chi connectivity index (χ1) is 10.5. The first-order valence-electron chi connectivity index (χ1n) is 9.07. The number of rotatable bonds is 4. The number of carbonyl (C=O) groups excluding carboxylic acids is 1. The van der Waals surface area contributed by atoms with Crippen molar-refractivity contribution in [1.29, 1.82) is 0 Å². The fourth-order valence-corrected chi connectivity index (χ4v) is 6.36. The Morgan fingerprint density at radius 3 is 2.23 bits per heavy atom. The first-order valence-corrected chi connectivity index (χ1v) is 9.07. The van der Waals surface area contributed by atoms with Crippen molar-refractivity contribution in [1.82, 2.24) is 5.32 Å². The number of carboxylic acids is 1. The van der Waals surface area contributed by atoms with Gasteiger partial charge in [-0.1, -0.05) is 6.42 Å². The van der Waals surface area contributed by atoms with Crippen molar-refractivity contribution >= 4 is 11.9 Å². The number of hydrogen-bond donors (Lipinski definition) is 2. The van der Waals surface area contributed by atoms with Gasteiger partial charge in [0.25, 0.3) is 0 Å². The van der Waals surface area contributed by atoms with Gasteiger partial charge in [-0.15, -0.1) is 0 Å². The number of hydrogen-bond acceptors (Lipinski definition) is 2. The molecular weight excluding hydrogens is 278 g/mol. The Hall–Kier alpha value is -1.06. The molecule has 0 aromatic heterocycles. The molecule has 4 saturated carbocycles. The second kappa shape index (κ2) is 5.24. The molecule has 0 heterocycles. The molecule has 1 amide bonds. The zero-order valence-corrected chi connectivity index (χ0v) is 13.3. The van der Waals surface area contributed by atoms with Gasteiger partial charge in [0.1, 0.15) is 0 Å². The van der Waals surface area contributed by atoms with Gasteiger partial charge in [-0.2, -0.15) is 0 Å². The highest BCUT2D eigenvalue weighted by Gasteiger charge is 2.54. The average Bonchev–Trinajstić information content (AvgIpc) is 3.24. The van der Waals surface area contributed by atoms with E-state index in [4.69, 9.17) is 0 Å². The van der Waals surface area contributed by atoms with Crippen LogP contribution in [0.4, 0.5) is 0 Å². The van der Waals surface area contributed by atoms with Crippen molar-refractivity contribution in [2.45, 2.75) is 57.9 Å². The number of nitrogens with one attached hydrogen (secondary N) is 1. The molecular formula is C18H27NO3. The Bertz CT molecular complexity index is 491. The number of fused-ring (bicyclic) bond motifs is 4. The summed E-state index contributed by atoms with van der Waals surface area (Å²) < 4.78 is 0. The molecule has 4 fully saturated rings. The van der Waals surface area contributed by atoms with Gasteiger partial charge in [-0.05, 0) is 75.0 Å². The molecule has 4 nitrogen and oxygen atoms in total. The van der Waals surface area contributed by atoms with E-state index in [0.29, 0.717) is 11.8 Å². The molecule has 0 spiro atoms. The van der Waals surface area contributed by atoms with Crippen LogP contribution in [0.25, 0.3) is 0 Å². The average molecular weight is 305 g/mol. The van der Waals surface area contributed by atoms with Gasteiger partial charge in [0.15, 0.2) is 0 Å². The highest BCUT2D eigenvalue weighted by atomic mass is 16.4. The van der Waals surface area contributed by atoms with Crippen LogP contribution >= 0.6 is 0 Å². The largest absolute Gasteiger partial charge is 0.481 e. The predicted octanol–water partition coefficient (Wildman–Crippen LogP) is 2.67. The molecule has 2 N–H and O–H groups in total. The van der Waals surface area contributed by atoms with Gasteiger partial charge in [-0.3, -0.25) is 9.59 Å². The summed E-state index contributed by atoms with van der Waals surface area (Å²) in [5, 5.41) is 12.7. The Morgan fingerprint density at radius 1 is 0.955 bits per heavy atom. The second-order valence-corrected chi connectivity index (χ2v) is 8.36. The molecule has 0 unspecified atom stereocenters. The molecule has 8 atom stereocenters. The normalized spacial score (nSPS) is 46.9. The molecule has 0 aliphatic heterocycles. The lowest BCUT2D eigenvalue weighted by atomic mass is 9.78. The molecule has 22 heavy (non-hydrogen) atoms. The van der Waals surface area contributed by atoms with Crippen LogP contribution in [0.1, 0.15) is 51.9 Å². The van der Waals surface area contributed by atoms with Crippen LogP contribution in [-0.2, 0) is 9.59 Å². The summed E-state index contributed by atoms with van der Waals surface area (Å²) in [5.74, 6) is 1.36. The summed E-state index contributed by atoms with van der Waals surface area (Å²) in [5.41, 5.74) is 0. The Kier molecular flexibility index (Phi) is 3.46. The van der Waals surface area contributed by atoms with Crippen LogP contribution in [-0.4, -0.2) is 23.0 Å². The van der Waals surface area contributed by atoms with Crippen molar-refractivity contribution in [2.24, 2.45) is 41.4 Å². The van der Waals surface area contributed by atoms with Crippen molar-refractivity contribution in [2.75, 3.05) is 0 Å². The maximum absolute atomic E-state index is 12.7. The van der Waals surface area contributed by atoms with E-state index < -0.39 is 11.9 Å². The van der Waals surface area contributed by atoms with Crippen molar-refractivity contribution in [3.05, 3.63) is 0 Å². The summed E-state index contributed by atoms with van der Waals surface area (Å²) in [6.45, 7) is 2.13. The topological polar surface area (TPSA) is 66.4 Å². The van der Waals surface area contributed by atoms with Crippen LogP contribution in [0.2, 0.25) is 0 Å². The Morgan fingerprint density at radius 2 is 1.64 bits per heavy atom. The van der Waals surface area contributed by atoms with Gasteiger partial charge in [0.05, 0.1) is 11.8 Å². The smallest absolute Gasteiger partial charge is 0.307 e.